The van der Waals surface area contributed by atoms with Crippen LogP contribution in [0, 0.1) is 19.0 Å². The Kier molecular flexibility index (Phi) is 5.24. The van der Waals surface area contributed by atoms with E-state index >= 15 is 0 Å². The third-order valence-electron chi connectivity index (χ3n) is 3.47. The van der Waals surface area contributed by atoms with E-state index < -0.39 is 10.0 Å². The van der Waals surface area contributed by atoms with Gasteiger partial charge in [0.25, 0.3) is 10.0 Å². The molecule has 6 heteroatoms. The molecule has 120 valence electrons. The number of benzene rings is 2. The molecule has 0 amide bonds. The Balaban J connectivity index is 2.63. The van der Waals surface area contributed by atoms with E-state index in [2.05, 4.69) is 5.92 Å². The molecule has 4 nitrogen and oxygen atoms in total. The van der Waals surface area contributed by atoms with Crippen molar-refractivity contribution in [2.75, 3.05) is 17.6 Å². The van der Waals surface area contributed by atoms with Gasteiger partial charge >= 0.3 is 0 Å². The highest BCUT2D eigenvalue weighted by Crippen LogP contribution is 2.29. The average Bonchev–Trinajstić information content (AvgIpc) is 2.55. The smallest absolute Gasteiger partial charge is 0.265 e. The molecule has 0 saturated carbocycles. The van der Waals surface area contributed by atoms with Crippen LogP contribution in [0.4, 0.5) is 5.69 Å². The number of aryl methyl sites for hydroxylation is 1. The zero-order valence-electron chi connectivity index (χ0n) is 13.1. The van der Waals surface area contributed by atoms with E-state index in [-0.39, 0.29) is 10.5 Å². The van der Waals surface area contributed by atoms with Gasteiger partial charge in [0.05, 0.1) is 5.69 Å². The van der Waals surface area contributed by atoms with Crippen molar-refractivity contribution in [3.05, 3.63) is 53.6 Å². The summed E-state index contributed by atoms with van der Waals surface area (Å²) in [6.07, 6.45) is 3.65. The summed E-state index contributed by atoms with van der Waals surface area (Å²) in [4.78, 5) is 0.891. The van der Waals surface area contributed by atoms with Crippen LogP contribution >= 0.6 is 11.8 Å². The second-order valence-electron chi connectivity index (χ2n) is 4.86. The molecule has 0 heterocycles. The van der Waals surface area contributed by atoms with Crippen LogP contribution in [0.1, 0.15) is 11.1 Å². The van der Waals surface area contributed by atoms with Gasteiger partial charge in [-0.2, -0.15) is 0 Å². The molecule has 0 aliphatic carbocycles. The largest absolute Gasteiger partial charge is 0.462 e. The van der Waals surface area contributed by atoms with E-state index in [1.54, 1.807) is 36.4 Å². The number of para-hydroxylation sites is 1. The van der Waals surface area contributed by atoms with Gasteiger partial charge in [-0.3, -0.25) is 4.31 Å². The number of nitrogens with zero attached hydrogens (tertiary/aromatic N) is 1. The van der Waals surface area contributed by atoms with Crippen LogP contribution in [0.25, 0.3) is 0 Å². The maximum Gasteiger partial charge on any atom is 0.265 e. The Morgan fingerprint density at radius 3 is 2.48 bits per heavy atom. The zero-order valence-corrected chi connectivity index (χ0v) is 14.7. The number of thioether (sulfide) groups is 1. The first-order valence-electron chi connectivity index (χ1n) is 6.79. The van der Waals surface area contributed by atoms with Crippen molar-refractivity contribution in [3.8, 4) is 12.0 Å². The number of hydrogen-bond acceptors (Lipinski definition) is 4. The van der Waals surface area contributed by atoms with Crippen LogP contribution in [0.2, 0.25) is 0 Å². The minimum absolute atomic E-state index is 0.0802. The minimum atomic E-state index is -3.79. The summed E-state index contributed by atoms with van der Waals surface area (Å²) in [5.41, 5.74) is 1.73. The Morgan fingerprint density at radius 2 is 1.87 bits per heavy atom. The molecule has 2 aromatic rings. The molecule has 0 aromatic heterocycles. The van der Waals surface area contributed by atoms with E-state index in [1.807, 2.05) is 25.3 Å². The summed E-state index contributed by atoms with van der Waals surface area (Å²) < 4.78 is 27.3. The van der Waals surface area contributed by atoms with E-state index in [0.29, 0.717) is 5.69 Å². The van der Waals surface area contributed by atoms with E-state index in [9.17, 15) is 8.42 Å². The van der Waals surface area contributed by atoms with Crippen molar-refractivity contribution in [3.63, 3.8) is 0 Å². The van der Waals surface area contributed by atoms with Crippen molar-refractivity contribution in [1.29, 1.82) is 0 Å². The molecule has 0 bridgehead atoms. The summed E-state index contributed by atoms with van der Waals surface area (Å²) >= 11 is 1.44. The summed E-state index contributed by atoms with van der Waals surface area (Å²) in [7, 11) is -2.28. The van der Waals surface area contributed by atoms with Crippen molar-refractivity contribution < 1.29 is 13.5 Å². The van der Waals surface area contributed by atoms with Gasteiger partial charge in [-0.15, -0.1) is 11.8 Å². The first kappa shape index (κ1) is 17.3. The molecule has 0 saturated heterocycles. The van der Waals surface area contributed by atoms with Crippen molar-refractivity contribution in [2.45, 2.75) is 16.7 Å². The number of anilines is 1. The fourth-order valence-corrected chi connectivity index (χ4v) is 4.15. The lowest BCUT2D eigenvalue weighted by Gasteiger charge is -2.22. The Morgan fingerprint density at radius 1 is 1.17 bits per heavy atom. The molecule has 2 rings (SSSR count). The highest BCUT2D eigenvalue weighted by atomic mass is 32.2. The second-order valence-corrected chi connectivity index (χ2v) is 7.68. The highest BCUT2D eigenvalue weighted by Gasteiger charge is 2.25. The first-order chi connectivity index (χ1) is 10.9. The van der Waals surface area contributed by atoms with Gasteiger partial charge in [0.1, 0.15) is 11.0 Å². The Bertz CT molecular complexity index is 880. The van der Waals surface area contributed by atoms with E-state index in [4.69, 9.17) is 5.11 Å². The number of aliphatic hydroxyl groups is 1. The van der Waals surface area contributed by atoms with Gasteiger partial charge in [-0.25, -0.2) is 8.42 Å². The monoisotopic (exact) mass is 347 g/mol. The molecule has 0 unspecified atom stereocenters. The van der Waals surface area contributed by atoms with Crippen molar-refractivity contribution in [2.24, 2.45) is 0 Å². The molecule has 2 aromatic carbocycles. The molecular weight excluding hydrogens is 330 g/mol. The van der Waals surface area contributed by atoms with Gasteiger partial charge in [-0.05, 0) is 48.9 Å². The summed E-state index contributed by atoms with van der Waals surface area (Å²) in [5.74, 6) is 2.44. The lowest BCUT2D eigenvalue weighted by molar-refractivity contribution is 0.517. The summed E-state index contributed by atoms with van der Waals surface area (Å²) in [6.45, 7) is 1.86. The van der Waals surface area contributed by atoms with Crippen molar-refractivity contribution in [1.82, 2.24) is 0 Å². The lowest BCUT2D eigenvalue weighted by atomic mass is 10.2. The van der Waals surface area contributed by atoms with Gasteiger partial charge in [0.15, 0.2) is 0 Å². The highest BCUT2D eigenvalue weighted by molar-refractivity contribution is 7.98. The van der Waals surface area contributed by atoms with Gasteiger partial charge in [0, 0.05) is 17.5 Å². The normalized spacial score (nSPS) is 10.7. The quantitative estimate of drug-likeness (QED) is 0.681. The van der Waals surface area contributed by atoms with Crippen LogP contribution in [-0.2, 0) is 10.0 Å². The predicted octanol–water partition coefficient (Wildman–Crippen LogP) is 3.22. The molecule has 0 aliphatic heterocycles. The molecule has 1 N–H and O–H groups in total. The van der Waals surface area contributed by atoms with Crippen LogP contribution in [0.15, 0.2) is 52.3 Å². The van der Waals surface area contributed by atoms with Gasteiger partial charge in [-0.1, -0.05) is 18.2 Å². The zero-order chi connectivity index (χ0) is 17.0. The minimum Gasteiger partial charge on any atom is -0.462 e. The molecule has 0 spiro atoms. The topological polar surface area (TPSA) is 57.6 Å². The number of sulfonamides is 1. The number of aliphatic hydroxyl groups excluding tert-OH is 1. The SMILES string of the molecule is CSc1ccc(C#CO)c(S(=O)(=O)N(C)c2ccccc2C)c1. The van der Waals surface area contributed by atoms with Crippen LogP contribution in [-0.4, -0.2) is 26.8 Å². The van der Waals surface area contributed by atoms with Crippen LogP contribution in [0.3, 0.4) is 0 Å². The molecular formula is C17H17NO3S2. The van der Waals surface area contributed by atoms with Crippen molar-refractivity contribution >= 4 is 27.5 Å². The summed E-state index contributed by atoms with van der Waals surface area (Å²) in [6, 6.07) is 12.2. The number of hydrogen-bond donors (Lipinski definition) is 1. The standard InChI is InChI=1S/C17H17NO3S2/c1-13-6-4-5-7-16(13)18(2)23(20,21)17-12-15(22-3)9-8-14(17)10-11-19/h4-9,12,19H,1-3H3. The summed E-state index contributed by atoms with van der Waals surface area (Å²) in [5, 5.41) is 8.86. The molecule has 0 radical (unpaired) electrons. The third kappa shape index (κ3) is 3.46. The maximum absolute atomic E-state index is 13.0. The van der Waals surface area contributed by atoms with E-state index in [1.165, 1.54) is 23.1 Å². The van der Waals surface area contributed by atoms with Crippen LogP contribution < -0.4 is 4.31 Å². The van der Waals surface area contributed by atoms with Gasteiger partial charge < -0.3 is 5.11 Å². The maximum atomic E-state index is 13.0. The van der Waals surface area contributed by atoms with Gasteiger partial charge in [0.2, 0.25) is 0 Å². The molecule has 0 atom stereocenters. The number of rotatable bonds is 4. The lowest BCUT2D eigenvalue weighted by Crippen LogP contribution is -2.28. The fraction of sp³-hybridized carbons (Fsp3) is 0.176. The Labute approximate surface area is 141 Å². The molecule has 0 fully saturated rings. The first-order valence-corrected chi connectivity index (χ1v) is 9.46. The second kappa shape index (κ2) is 6.99. The third-order valence-corrected chi connectivity index (χ3v) is 6.01. The Hall–Kier alpha value is -2.10. The average molecular weight is 347 g/mol. The predicted molar refractivity (Wildman–Crippen MR) is 93.8 cm³/mol. The van der Waals surface area contributed by atoms with E-state index in [0.717, 1.165) is 10.5 Å². The molecule has 0 aliphatic rings. The fourth-order valence-electron chi connectivity index (χ4n) is 2.20. The molecule has 23 heavy (non-hydrogen) atoms. The van der Waals surface area contributed by atoms with Crippen LogP contribution in [0.5, 0.6) is 0 Å².